The van der Waals surface area contributed by atoms with Gasteiger partial charge in [-0.1, -0.05) is 24.3 Å². The summed E-state index contributed by atoms with van der Waals surface area (Å²) in [6.45, 7) is 0.664. The lowest BCUT2D eigenvalue weighted by molar-refractivity contribution is 0.140. The highest BCUT2D eigenvalue weighted by Crippen LogP contribution is 2.31. The first-order chi connectivity index (χ1) is 8.84. The molecule has 18 heavy (non-hydrogen) atoms. The van der Waals surface area contributed by atoms with Crippen LogP contribution < -0.4 is 5.32 Å². The summed E-state index contributed by atoms with van der Waals surface area (Å²) in [6.07, 6.45) is 5.45. The summed E-state index contributed by atoms with van der Waals surface area (Å²) in [5.74, 6) is 0. The SMILES string of the molecule is O[C@H]1Cc2ccccc2[C@H]1NCc1cncnc1. The Kier molecular flexibility index (Phi) is 3.04. The largest absolute Gasteiger partial charge is 0.391 e. The van der Waals surface area contributed by atoms with Crippen LogP contribution in [0.2, 0.25) is 0 Å². The molecule has 0 unspecified atom stereocenters. The summed E-state index contributed by atoms with van der Waals surface area (Å²) in [5, 5.41) is 13.5. The summed E-state index contributed by atoms with van der Waals surface area (Å²) in [7, 11) is 0. The average molecular weight is 241 g/mol. The quantitative estimate of drug-likeness (QED) is 0.848. The molecule has 0 fully saturated rings. The van der Waals surface area contributed by atoms with Crippen molar-refractivity contribution in [1.82, 2.24) is 15.3 Å². The fraction of sp³-hybridized carbons (Fsp3) is 0.286. The maximum atomic E-state index is 10.1. The van der Waals surface area contributed by atoms with Crippen molar-refractivity contribution in [3.8, 4) is 0 Å². The lowest BCUT2D eigenvalue weighted by Crippen LogP contribution is -2.28. The van der Waals surface area contributed by atoms with Gasteiger partial charge in [0, 0.05) is 30.9 Å². The van der Waals surface area contributed by atoms with Gasteiger partial charge in [-0.25, -0.2) is 9.97 Å². The van der Waals surface area contributed by atoms with Crippen LogP contribution in [0.1, 0.15) is 22.7 Å². The molecule has 2 aromatic rings. The first-order valence-corrected chi connectivity index (χ1v) is 6.08. The van der Waals surface area contributed by atoms with Crippen molar-refractivity contribution >= 4 is 0 Å². The van der Waals surface area contributed by atoms with Gasteiger partial charge in [0.1, 0.15) is 6.33 Å². The molecule has 0 saturated carbocycles. The molecule has 92 valence electrons. The van der Waals surface area contributed by atoms with Crippen LogP contribution in [0, 0.1) is 0 Å². The van der Waals surface area contributed by atoms with Crippen molar-refractivity contribution in [2.45, 2.75) is 25.1 Å². The molecule has 1 aliphatic rings. The third-order valence-corrected chi connectivity index (χ3v) is 3.34. The second-order valence-electron chi connectivity index (χ2n) is 4.58. The van der Waals surface area contributed by atoms with E-state index >= 15 is 0 Å². The molecular formula is C14H15N3O. The molecule has 0 saturated heterocycles. The highest BCUT2D eigenvalue weighted by Gasteiger charge is 2.29. The van der Waals surface area contributed by atoms with Gasteiger partial charge < -0.3 is 10.4 Å². The molecule has 0 spiro atoms. The monoisotopic (exact) mass is 241 g/mol. The van der Waals surface area contributed by atoms with E-state index in [1.165, 1.54) is 17.5 Å². The van der Waals surface area contributed by atoms with Gasteiger partial charge in [0.25, 0.3) is 0 Å². The second kappa shape index (κ2) is 4.84. The van der Waals surface area contributed by atoms with E-state index in [1.54, 1.807) is 12.4 Å². The van der Waals surface area contributed by atoms with Gasteiger partial charge in [-0.2, -0.15) is 0 Å². The van der Waals surface area contributed by atoms with Crippen LogP contribution in [0.3, 0.4) is 0 Å². The Hall–Kier alpha value is -1.78. The number of nitrogens with zero attached hydrogens (tertiary/aromatic N) is 2. The van der Waals surface area contributed by atoms with Crippen molar-refractivity contribution < 1.29 is 5.11 Å². The van der Waals surface area contributed by atoms with E-state index in [1.807, 2.05) is 12.1 Å². The van der Waals surface area contributed by atoms with E-state index in [-0.39, 0.29) is 12.1 Å². The molecule has 0 aliphatic heterocycles. The molecule has 1 heterocycles. The van der Waals surface area contributed by atoms with Gasteiger partial charge >= 0.3 is 0 Å². The fourth-order valence-corrected chi connectivity index (χ4v) is 2.47. The smallest absolute Gasteiger partial charge is 0.115 e. The third kappa shape index (κ3) is 2.12. The number of aromatic nitrogens is 2. The van der Waals surface area contributed by atoms with Gasteiger partial charge in [-0.3, -0.25) is 0 Å². The van der Waals surface area contributed by atoms with Crippen LogP contribution >= 0.6 is 0 Å². The number of benzene rings is 1. The van der Waals surface area contributed by atoms with Crippen molar-refractivity contribution in [2.24, 2.45) is 0 Å². The molecular weight excluding hydrogens is 226 g/mol. The number of hydrogen-bond donors (Lipinski definition) is 2. The predicted molar refractivity (Wildman–Crippen MR) is 67.8 cm³/mol. The van der Waals surface area contributed by atoms with Gasteiger partial charge in [0.15, 0.2) is 0 Å². The van der Waals surface area contributed by atoms with Crippen molar-refractivity contribution in [3.05, 3.63) is 59.7 Å². The first-order valence-electron chi connectivity index (χ1n) is 6.08. The second-order valence-corrected chi connectivity index (χ2v) is 4.58. The van der Waals surface area contributed by atoms with Crippen LogP contribution in [0.25, 0.3) is 0 Å². The van der Waals surface area contributed by atoms with E-state index in [0.29, 0.717) is 6.54 Å². The van der Waals surface area contributed by atoms with E-state index in [4.69, 9.17) is 0 Å². The number of aliphatic hydroxyl groups excluding tert-OH is 1. The lowest BCUT2D eigenvalue weighted by atomic mass is 10.1. The zero-order valence-corrected chi connectivity index (χ0v) is 9.95. The summed E-state index contributed by atoms with van der Waals surface area (Å²) >= 11 is 0. The van der Waals surface area contributed by atoms with E-state index in [2.05, 4.69) is 27.4 Å². The van der Waals surface area contributed by atoms with Gasteiger partial charge in [-0.05, 0) is 11.1 Å². The van der Waals surface area contributed by atoms with Crippen molar-refractivity contribution in [2.75, 3.05) is 0 Å². The van der Waals surface area contributed by atoms with Crippen LogP contribution in [-0.2, 0) is 13.0 Å². The van der Waals surface area contributed by atoms with Crippen LogP contribution in [0.4, 0.5) is 0 Å². The molecule has 4 nitrogen and oxygen atoms in total. The van der Waals surface area contributed by atoms with Crippen molar-refractivity contribution in [1.29, 1.82) is 0 Å². The Morgan fingerprint density at radius 1 is 1.22 bits per heavy atom. The highest BCUT2D eigenvalue weighted by atomic mass is 16.3. The first kappa shape index (κ1) is 11.3. The minimum Gasteiger partial charge on any atom is -0.391 e. The average Bonchev–Trinajstić information content (AvgIpc) is 2.73. The Labute approximate surface area is 106 Å². The van der Waals surface area contributed by atoms with Gasteiger partial charge in [0.05, 0.1) is 12.1 Å². The minimum atomic E-state index is -0.355. The zero-order chi connectivity index (χ0) is 12.4. The van der Waals surface area contributed by atoms with Crippen LogP contribution in [0.5, 0.6) is 0 Å². The Balaban J connectivity index is 1.74. The molecule has 2 atom stereocenters. The maximum Gasteiger partial charge on any atom is 0.115 e. The zero-order valence-electron chi connectivity index (χ0n) is 9.95. The molecule has 4 heteroatoms. The van der Waals surface area contributed by atoms with Crippen LogP contribution in [0.15, 0.2) is 43.0 Å². The van der Waals surface area contributed by atoms with E-state index in [0.717, 1.165) is 12.0 Å². The summed E-state index contributed by atoms with van der Waals surface area (Å²) < 4.78 is 0. The number of aliphatic hydroxyl groups is 1. The standard InChI is InChI=1S/C14H15N3O/c18-13-5-11-3-1-2-4-12(11)14(13)17-8-10-6-15-9-16-7-10/h1-4,6-7,9,13-14,17-18H,5,8H2/t13-,14+/m0/s1. The molecule has 0 bridgehead atoms. The van der Waals surface area contributed by atoms with Crippen molar-refractivity contribution in [3.63, 3.8) is 0 Å². The molecule has 1 aromatic carbocycles. The number of fused-ring (bicyclic) bond motifs is 1. The summed E-state index contributed by atoms with van der Waals surface area (Å²) in [4.78, 5) is 7.96. The summed E-state index contributed by atoms with van der Waals surface area (Å²) in [6, 6.07) is 8.17. The maximum absolute atomic E-state index is 10.1. The molecule has 2 N–H and O–H groups in total. The topological polar surface area (TPSA) is 58.0 Å². The Bertz CT molecular complexity index is 530. The van der Waals surface area contributed by atoms with Gasteiger partial charge in [-0.15, -0.1) is 0 Å². The number of rotatable bonds is 3. The highest BCUT2D eigenvalue weighted by molar-refractivity contribution is 5.36. The van der Waals surface area contributed by atoms with E-state index < -0.39 is 0 Å². The predicted octanol–water partition coefficient (Wildman–Crippen LogP) is 1.22. The molecule has 3 rings (SSSR count). The molecule has 0 amide bonds. The fourth-order valence-electron chi connectivity index (χ4n) is 2.47. The Morgan fingerprint density at radius 2 is 2.00 bits per heavy atom. The van der Waals surface area contributed by atoms with E-state index in [9.17, 15) is 5.11 Å². The van der Waals surface area contributed by atoms with Gasteiger partial charge in [0.2, 0.25) is 0 Å². The Morgan fingerprint density at radius 3 is 2.83 bits per heavy atom. The normalized spacial score (nSPS) is 21.8. The van der Waals surface area contributed by atoms with Crippen LogP contribution in [-0.4, -0.2) is 21.2 Å². The molecule has 1 aromatic heterocycles. The number of nitrogens with one attached hydrogen (secondary N) is 1. The molecule has 1 aliphatic carbocycles. The molecule has 0 radical (unpaired) electrons. The third-order valence-electron chi connectivity index (χ3n) is 3.34. The number of hydrogen-bond acceptors (Lipinski definition) is 4. The summed E-state index contributed by atoms with van der Waals surface area (Å²) in [5.41, 5.74) is 3.45. The lowest BCUT2D eigenvalue weighted by Gasteiger charge is -2.17. The minimum absolute atomic E-state index is 0.00130.